The van der Waals surface area contributed by atoms with E-state index < -0.39 is 0 Å². The molecule has 0 spiro atoms. The Balaban J connectivity index is 1.65. The molecule has 1 amide bonds. The Morgan fingerprint density at radius 3 is 2.60 bits per heavy atom. The number of hydrogen-bond donors (Lipinski definition) is 1. The first kappa shape index (κ1) is 16.3. The van der Waals surface area contributed by atoms with Crippen LogP contribution in [-0.4, -0.2) is 25.8 Å². The second kappa shape index (κ2) is 7.38. The molecule has 2 aromatic carbocycles. The van der Waals surface area contributed by atoms with Crippen molar-refractivity contribution in [1.82, 2.24) is 4.98 Å². The summed E-state index contributed by atoms with van der Waals surface area (Å²) in [6.45, 7) is 0. The minimum absolute atomic E-state index is 0.144. The zero-order chi connectivity index (χ0) is 17.1. The van der Waals surface area contributed by atoms with Crippen molar-refractivity contribution < 1.29 is 4.79 Å². The summed E-state index contributed by atoms with van der Waals surface area (Å²) in [5.74, 6) is 0.303. The van der Waals surface area contributed by atoms with Gasteiger partial charge >= 0.3 is 154 Å². The third-order valence-electron chi connectivity index (χ3n) is 4.68. The molecular weight excluding hydrogens is 375 g/mol. The van der Waals surface area contributed by atoms with Crippen LogP contribution in [-0.2, 0) is 4.79 Å². The molecule has 0 aliphatic heterocycles. The normalized spacial score (nSPS) is 14.7. The number of benzene rings is 2. The average Bonchev–Trinajstić information content (AvgIpc) is 3.19. The summed E-state index contributed by atoms with van der Waals surface area (Å²) in [5.41, 5.74) is 1.73. The fourth-order valence-corrected chi connectivity index (χ4v) is 5.38. The van der Waals surface area contributed by atoms with E-state index >= 15 is 0 Å². The fraction of sp³-hybridized carbons (Fsp3) is 0.238. The molecule has 1 N–H and O–H groups in total. The molecule has 4 rings (SSSR count). The van der Waals surface area contributed by atoms with Gasteiger partial charge in [0, 0.05) is 0 Å². The standard InChI is InChI=1S/C21H20N2OSe/c24-21(15-7-4-5-8-15)23-18-12-13-19(17-11-6-14-22-20(17)18)25-16-9-2-1-3-10-16/h1-3,6,9-15H,4-5,7-8H2,(H,23,24). The van der Waals surface area contributed by atoms with Crippen LogP contribution in [0, 0.1) is 5.92 Å². The van der Waals surface area contributed by atoms with E-state index in [-0.39, 0.29) is 26.8 Å². The van der Waals surface area contributed by atoms with E-state index in [0.717, 1.165) is 42.3 Å². The molecule has 25 heavy (non-hydrogen) atoms. The first-order valence-corrected chi connectivity index (χ1v) is 10.4. The summed E-state index contributed by atoms with van der Waals surface area (Å²) in [6, 6.07) is 18.8. The van der Waals surface area contributed by atoms with Crippen LogP contribution >= 0.6 is 0 Å². The Kier molecular flexibility index (Phi) is 4.82. The van der Waals surface area contributed by atoms with Crippen molar-refractivity contribution in [2.75, 3.05) is 5.32 Å². The Hall–Kier alpha value is -2.16. The van der Waals surface area contributed by atoms with E-state index in [0.29, 0.717) is 0 Å². The Morgan fingerprint density at radius 2 is 1.80 bits per heavy atom. The van der Waals surface area contributed by atoms with Crippen molar-refractivity contribution in [2.24, 2.45) is 5.92 Å². The zero-order valence-corrected chi connectivity index (χ0v) is 15.7. The molecule has 1 heterocycles. The van der Waals surface area contributed by atoms with Crippen LogP contribution < -0.4 is 14.2 Å². The van der Waals surface area contributed by atoms with E-state index in [1.807, 2.05) is 18.2 Å². The van der Waals surface area contributed by atoms with Crippen LogP contribution in [0.5, 0.6) is 0 Å². The number of anilines is 1. The number of fused-ring (bicyclic) bond motifs is 1. The van der Waals surface area contributed by atoms with Crippen LogP contribution in [0.1, 0.15) is 25.7 Å². The van der Waals surface area contributed by atoms with E-state index in [4.69, 9.17) is 0 Å². The Labute approximate surface area is 154 Å². The van der Waals surface area contributed by atoms with Crippen molar-refractivity contribution in [3.63, 3.8) is 0 Å². The molecule has 4 heteroatoms. The van der Waals surface area contributed by atoms with Crippen LogP contribution in [0.4, 0.5) is 5.69 Å². The first-order chi connectivity index (χ1) is 12.3. The predicted molar refractivity (Wildman–Crippen MR) is 104 cm³/mol. The summed E-state index contributed by atoms with van der Waals surface area (Å²) < 4.78 is 2.63. The van der Waals surface area contributed by atoms with Gasteiger partial charge in [0.05, 0.1) is 0 Å². The van der Waals surface area contributed by atoms with Gasteiger partial charge in [0.15, 0.2) is 0 Å². The van der Waals surface area contributed by atoms with Crippen LogP contribution in [0.25, 0.3) is 10.9 Å². The van der Waals surface area contributed by atoms with E-state index in [1.54, 1.807) is 6.20 Å². The van der Waals surface area contributed by atoms with Gasteiger partial charge in [-0.05, 0) is 0 Å². The van der Waals surface area contributed by atoms with Crippen molar-refractivity contribution in [2.45, 2.75) is 25.7 Å². The number of rotatable bonds is 4. The summed E-state index contributed by atoms with van der Waals surface area (Å²) in [5, 5.41) is 4.26. The van der Waals surface area contributed by atoms with Crippen molar-refractivity contribution in [3.05, 3.63) is 60.8 Å². The number of carbonyl (C=O) groups is 1. The van der Waals surface area contributed by atoms with Crippen LogP contribution in [0.3, 0.4) is 0 Å². The molecule has 1 saturated carbocycles. The number of nitrogens with one attached hydrogen (secondary N) is 1. The molecule has 0 atom stereocenters. The van der Waals surface area contributed by atoms with E-state index in [2.05, 4.69) is 46.7 Å². The number of amides is 1. The molecule has 1 fully saturated rings. The van der Waals surface area contributed by atoms with Gasteiger partial charge in [0.1, 0.15) is 0 Å². The fourth-order valence-electron chi connectivity index (χ4n) is 3.37. The summed E-state index contributed by atoms with van der Waals surface area (Å²) in [6.07, 6.45) is 6.14. The summed E-state index contributed by atoms with van der Waals surface area (Å²) in [4.78, 5) is 17.1. The quantitative estimate of drug-likeness (QED) is 0.690. The predicted octanol–water partition coefficient (Wildman–Crippen LogP) is 3.02. The number of nitrogens with zero attached hydrogens (tertiary/aromatic N) is 1. The molecule has 0 unspecified atom stereocenters. The molecule has 1 aliphatic carbocycles. The van der Waals surface area contributed by atoms with Gasteiger partial charge in [-0.1, -0.05) is 0 Å². The Morgan fingerprint density at radius 1 is 1.00 bits per heavy atom. The average molecular weight is 395 g/mol. The maximum absolute atomic E-state index is 12.5. The van der Waals surface area contributed by atoms with Crippen molar-refractivity contribution >= 4 is 46.4 Å². The first-order valence-electron chi connectivity index (χ1n) is 8.73. The van der Waals surface area contributed by atoms with Crippen molar-refractivity contribution in [3.8, 4) is 0 Å². The third-order valence-corrected chi connectivity index (χ3v) is 6.96. The molecule has 0 bridgehead atoms. The second-order valence-electron chi connectivity index (χ2n) is 6.40. The van der Waals surface area contributed by atoms with Gasteiger partial charge in [-0.25, -0.2) is 0 Å². The molecule has 3 nitrogen and oxygen atoms in total. The number of pyridine rings is 1. The van der Waals surface area contributed by atoms with Gasteiger partial charge in [-0.15, -0.1) is 0 Å². The maximum atomic E-state index is 12.5. The minimum atomic E-state index is 0.144. The number of carbonyl (C=O) groups excluding carboxylic acids is 1. The molecule has 1 aromatic heterocycles. The zero-order valence-electron chi connectivity index (χ0n) is 13.9. The van der Waals surface area contributed by atoms with Gasteiger partial charge in [-0.3, -0.25) is 0 Å². The van der Waals surface area contributed by atoms with Gasteiger partial charge < -0.3 is 0 Å². The van der Waals surface area contributed by atoms with Crippen LogP contribution in [0.2, 0.25) is 0 Å². The Bertz CT molecular complexity index is 889. The molecule has 1 aliphatic rings. The second-order valence-corrected chi connectivity index (χ2v) is 8.74. The molecule has 0 saturated heterocycles. The monoisotopic (exact) mass is 396 g/mol. The molecule has 3 aromatic rings. The number of aromatic nitrogens is 1. The van der Waals surface area contributed by atoms with Gasteiger partial charge in [0.25, 0.3) is 0 Å². The van der Waals surface area contributed by atoms with E-state index in [9.17, 15) is 4.79 Å². The summed E-state index contributed by atoms with van der Waals surface area (Å²) in [7, 11) is 0. The molecule has 126 valence electrons. The SMILES string of the molecule is O=C(Nc1ccc([Se]c2ccccc2)c2cccnc12)C1CCCC1. The summed E-state index contributed by atoms with van der Waals surface area (Å²) >= 11 is 0.219. The third kappa shape index (κ3) is 3.60. The van der Waals surface area contributed by atoms with E-state index in [1.165, 1.54) is 8.92 Å². The molecule has 0 radical (unpaired) electrons. The number of hydrogen-bond acceptors (Lipinski definition) is 2. The van der Waals surface area contributed by atoms with Crippen LogP contribution in [0.15, 0.2) is 60.8 Å². The topological polar surface area (TPSA) is 42.0 Å². The van der Waals surface area contributed by atoms with Gasteiger partial charge in [0.2, 0.25) is 0 Å². The van der Waals surface area contributed by atoms with Crippen molar-refractivity contribution in [1.29, 1.82) is 0 Å². The molecular formula is C21H20N2OSe. The van der Waals surface area contributed by atoms with Gasteiger partial charge in [-0.2, -0.15) is 0 Å².